The van der Waals surface area contributed by atoms with Gasteiger partial charge in [0.25, 0.3) is 5.91 Å². The molecule has 0 aromatic carbocycles. The summed E-state index contributed by atoms with van der Waals surface area (Å²) < 4.78 is 0. The predicted molar refractivity (Wildman–Crippen MR) is 72.8 cm³/mol. The van der Waals surface area contributed by atoms with Gasteiger partial charge in [0.05, 0.1) is 4.88 Å². The third kappa shape index (κ3) is 2.58. The van der Waals surface area contributed by atoms with Crippen LogP contribution in [-0.4, -0.2) is 54.0 Å². The normalized spacial score (nSPS) is 23.1. The summed E-state index contributed by atoms with van der Waals surface area (Å²) >= 11 is 1.52. The zero-order chi connectivity index (χ0) is 12.6. The maximum Gasteiger partial charge on any atom is 0.264 e. The van der Waals surface area contributed by atoms with Crippen molar-refractivity contribution in [3.63, 3.8) is 0 Å². The van der Waals surface area contributed by atoms with E-state index in [4.69, 9.17) is 5.73 Å². The number of rotatable bonds is 3. The first-order valence-electron chi connectivity index (χ1n) is 6.50. The summed E-state index contributed by atoms with van der Waals surface area (Å²) in [6.45, 7) is 4.56. The molecule has 0 unspecified atom stereocenters. The minimum atomic E-state index is 0.0833. The Kier molecular flexibility index (Phi) is 3.13. The average molecular weight is 265 g/mol. The highest BCUT2D eigenvalue weighted by Crippen LogP contribution is 2.33. The number of nitrogens with zero attached hydrogens (tertiary/aromatic N) is 2. The lowest BCUT2D eigenvalue weighted by atomic mass is 10.2. The number of piperazine rings is 1. The van der Waals surface area contributed by atoms with E-state index < -0.39 is 0 Å². The Bertz CT molecular complexity index is 419. The number of nitrogens with two attached hydrogens (primary N) is 1. The molecule has 0 spiro atoms. The van der Waals surface area contributed by atoms with E-state index in [9.17, 15) is 4.79 Å². The number of hydrogen-bond acceptors (Lipinski definition) is 4. The highest BCUT2D eigenvalue weighted by molar-refractivity contribution is 7.12. The fourth-order valence-electron chi connectivity index (χ4n) is 2.43. The number of carbonyl (C=O) groups is 1. The summed E-state index contributed by atoms with van der Waals surface area (Å²) in [5, 5.41) is 1.95. The first kappa shape index (κ1) is 12.1. The van der Waals surface area contributed by atoms with Crippen molar-refractivity contribution in [1.29, 1.82) is 0 Å². The maximum atomic E-state index is 12.2. The fourth-order valence-corrected chi connectivity index (χ4v) is 3.12. The number of thiophene rings is 1. The zero-order valence-electron chi connectivity index (χ0n) is 10.5. The molecule has 1 aliphatic carbocycles. The molecule has 2 N–H and O–H groups in total. The van der Waals surface area contributed by atoms with Crippen LogP contribution in [0.25, 0.3) is 0 Å². The van der Waals surface area contributed by atoms with Gasteiger partial charge in [-0.3, -0.25) is 9.69 Å². The standard InChI is InChI=1S/C13H19N3OS/c14-13(3-4-13)10-15-5-7-16(8-6-15)12(17)11-2-1-9-18-11/h1-2,9H,3-8,10,14H2. The summed E-state index contributed by atoms with van der Waals surface area (Å²) in [5.74, 6) is 0.179. The first-order valence-corrected chi connectivity index (χ1v) is 7.38. The molecule has 1 aromatic rings. The van der Waals surface area contributed by atoms with E-state index in [2.05, 4.69) is 4.90 Å². The second-order valence-electron chi connectivity index (χ2n) is 5.41. The van der Waals surface area contributed by atoms with Crippen LogP contribution in [0.5, 0.6) is 0 Å². The van der Waals surface area contributed by atoms with Crippen LogP contribution in [0.1, 0.15) is 22.5 Å². The van der Waals surface area contributed by atoms with Crippen molar-refractivity contribution in [3.8, 4) is 0 Å². The second-order valence-corrected chi connectivity index (χ2v) is 6.36. The summed E-state index contributed by atoms with van der Waals surface area (Å²) in [6.07, 6.45) is 2.31. The van der Waals surface area contributed by atoms with Gasteiger partial charge in [-0.05, 0) is 24.3 Å². The second kappa shape index (κ2) is 4.64. The minimum absolute atomic E-state index is 0.0833. The van der Waals surface area contributed by atoms with Crippen LogP contribution < -0.4 is 5.73 Å². The Labute approximate surface area is 111 Å². The third-order valence-corrected chi connectivity index (χ3v) is 4.68. The summed E-state index contributed by atoms with van der Waals surface area (Å²) in [5.41, 5.74) is 6.21. The van der Waals surface area contributed by atoms with Crippen LogP contribution in [0.3, 0.4) is 0 Å². The highest BCUT2D eigenvalue weighted by atomic mass is 32.1. The molecule has 1 aromatic heterocycles. The van der Waals surface area contributed by atoms with E-state index >= 15 is 0 Å². The number of carbonyl (C=O) groups excluding carboxylic acids is 1. The molecule has 0 radical (unpaired) electrons. The van der Waals surface area contributed by atoms with Crippen molar-refractivity contribution >= 4 is 17.2 Å². The van der Waals surface area contributed by atoms with E-state index in [1.54, 1.807) is 0 Å². The molecular formula is C13H19N3OS. The van der Waals surface area contributed by atoms with Crippen LogP contribution in [-0.2, 0) is 0 Å². The molecule has 18 heavy (non-hydrogen) atoms. The van der Waals surface area contributed by atoms with Crippen LogP contribution in [0.2, 0.25) is 0 Å². The Morgan fingerprint density at radius 3 is 2.61 bits per heavy atom. The molecule has 3 rings (SSSR count). The lowest BCUT2D eigenvalue weighted by Gasteiger charge is -2.35. The largest absolute Gasteiger partial charge is 0.335 e. The van der Waals surface area contributed by atoms with Gasteiger partial charge in [-0.25, -0.2) is 0 Å². The van der Waals surface area contributed by atoms with E-state index in [-0.39, 0.29) is 11.4 Å². The van der Waals surface area contributed by atoms with Crippen LogP contribution in [0.4, 0.5) is 0 Å². The molecule has 1 saturated carbocycles. The predicted octanol–water partition coefficient (Wildman–Crippen LogP) is 0.997. The molecular weight excluding hydrogens is 246 g/mol. The quantitative estimate of drug-likeness (QED) is 0.887. The molecule has 5 heteroatoms. The SMILES string of the molecule is NC1(CN2CCN(C(=O)c3cccs3)CC2)CC1. The van der Waals surface area contributed by atoms with Gasteiger partial charge >= 0.3 is 0 Å². The van der Waals surface area contributed by atoms with Crippen molar-refractivity contribution in [3.05, 3.63) is 22.4 Å². The summed E-state index contributed by atoms with van der Waals surface area (Å²) in [6, 6.07) is 3.83. The Morgan fingerprint density at radius 1 is 1.33 bits per heavy atom. The van der Waals surface area contributed by atoms with Crippen molar-refractivity contribution in [2.24, 2.45) is 5.73 Å². The van der Waals surface area contributed by atoms with Crippen LogP contribution in [0, 0.1) is 0 Å². The van der Waals surface area contributed by atoms with Crippen molar-refractivity contribution < 1.29 is 4.79 Å². The summed E-state index contributed by atoms with van der Waals surface area (Å²) in [7, 11) is 0. The van der Waals surface area contributed by atoms with Gasteiger partial charge in [0.15, 0.2) is 0 Å². The number of amides is 1. The Morgan fingerprint density at radius 2 is 2.06 bits per heavy atom. The molecule has 1 amide bonds. The highest BCUT2D eigenvalue weighted by Gasteiger charge is 2.40. The van der Waals surface area contributed by atoms with Crippen LogP contribution in [0.15, 0.2) is 17.5 Å². The van der Waals surface area contributed by atoms with Gasteiger partial charge in [-0.15, -0.1) is 11.3 Å². The van der Waals surface area contributed by atoms with Gasteiger partial charge in [-0.1, -0.05) is 6.07 Å². The number of hydrogen-bond donors (Lipinski definition) is 1. The average Bonchev–Trinajstić information content (AvgIpc) is 2.91. The first-order chi connectivity index (χ1) is 8.66. The van der Waals surface area contributed by atoms with Crippen molar-refractivity contribution in [2.45, 2.75) is 18.4 Å². The zero-order valence-corrected chi connectivity index (χ0v) is 11.3. The molecule has 1 saturated heterocycles. The molecule has 2 fully saturated rings. The molecule has 4 nitrogen and oxygen atoms in total. The van der Waals surface area contributed by atoms with Crippen molar-refractivity contribution in [2.75, 3.05) is 32.7 Å². The molecule has 0 bridgehead atoms. The lowest BCUT2D eigenvalue weighted by molar-refractivity contribution is 0.0632. The topological polar surface area (TPSA) is 49.6 Å². The third-order valence-electron chi connectivity index (χ3n) is 3.82. The molecule has 2 aliphatic rings. The molecule has 1 aliphatic heterocycles. The van der Waals surface area contributed by atoms with Gasteiger partial charge in [0, 0.05) is 38.3 Å². The van der Waals surface area contributed by atoms with Crippen LogP contribution >= 0.6 is 11.3 Å². The van der Waals surface area contributed by atoms with E-state index in [0.717, 1.165) is 50.4 Å². The monoisotopic (exact) mass is 265 g/mol. The van der Waals surface area contributed by atoms with E-state index in [0.29, 0.717) is 0 Å². The fraction of sp³-hybridized carbons (Fsp3) is 0.615. The summed E-state index contributed by atoms with van der Waals surface area (Å²) in [4.78, 5) is 17.4. The lowest BCUT2D eigenvalue weighted by Crippen LogP contribution is -2.52. The van der Waals surface area contributed by atoms with Gasteiger partial charge in [0.2, 0.25) is 0 Å². The molecule has 98 valence electrons. The minimum Gasteiger partial charge on any atom is -0.335 e. The van der Waals surface area contributed by atoms with Gasteiger partial charge in [0.1, 0.15) is 0 Å². The van der Waals surface area contributed by atoms with Crippen molar-refractivity contribution in [1.82, 2.24) is 9.80 Å². The van der Waals surface area contributed by atoms with E-state index in [1.807, 2.05) is 22.4 Å². The molecule has 2 heterocycles. The maximum absolute atomic E-state index is 12.2. The molecule has 0 atom stereocenters. The smallest absolute Gasteiger partial charge is 0.264 e. The Balaban J connectivity index is 1.52. The van der Waals surface area contributed by atoms with Gasteiger partial charge < -0.3 is 10.6 Å². The van der Waals surface area contributed by atoms with E-state index in [1.165, 1.54) is 11.3 Å². The van der Waals surface area contributed by atoms with Gasteiger partial charge in [-0.2, -0.15) is 0 Å². The Hall–Kier alpha value is -0.910.